The molecule has 1 unspecified atom stereocenters. The number of carbonyl (C=O) groups is 9. The van der Waals surface area contributed by atoms with Crippen LogP contribution in [0.3, 0.4) is 0 Å². The molecule has 0 aliphatic carbocycles. The fourth-order valence-electron chi connectivity index (χ4n) is 10.5. The number of epoxide rings is 1. The van der Waals surface area contributed by atoms with E-state index >= 15 is 13.2 Å². The Bertz CT molecular complexity index is 3060. The predicted octanol–water partition coefficient (Wildman–Crippen LogP) is 6.14. The number of carbonyl (C=O) groups excluding carboxylic acids is 9. The molecule has 0 spiro atoms. The third-order valence-electron chi connectivity index (χ3n) is 16.1. The molecule has 0 radical (unpaired) electrons. The number of ether oxygens (including phenoxy) is 5. The van der Waals surface area contributed by atoms with Gasteiger partial charge in [-0.1, -0.05) is 78.7 Å². The number of esters is 1. The number of aliphatic hydroxyl groups is 1. The number of anilines is 2. The van der Waals surface area contributed by atoms with Crippen molar-refractivity contribution in [3.8, 4) is 5.75 Å². The second-order valence-corrected chi connectivity index (χ2v) is 24.1. The molecule has 9 N–H and O–H groups in total. The first-order valence-electron chi connectivity index (χ1n) is 29.2. The standard InChI is InChI=1S/C61H82BrClF3N9O15/c1-32(2)50(70-39(31-76)17-12-13-22-68-52(78)34(4)30-62)54(80)72-42(18-15-23-69-57(67)83)53(79)71-41-21-20-38(27-40(41)61(64,65)66)55(81)74(8)36(6)56(82)89-47-28-48(77)75(9)43-25-37(26-44(86-10)49(43)63)24-33(3)16-14-19-46(87-11)60(85)29-45(88-58(84)73-60)35(5)51-59(47,7)90-51/h14,16,19-21,25-27,31-32,35-36,39,42,45-47,50-51,70,85H,4,12-13,15,17-18,22-24,28-30H2,1-3,5-11H3,(H,68,78)(H,71,79)(H,72,80)(H,73,84)(H3,67,69,83)/b19-14+,33-16+/t35-,36+,39?,42+,45+,46-,47+,50+,51+,59+,60+/m1/s1. The van der Waals surface area contributed by atoms with Gasteiger partial charge in [-0.3, -0.25) is 34.6 Å². The summed E-state index contributed by atoms with van der Waals surface area (Å²) < 4.78 is 74.5. The molecule has 496 valence electrons. The lowest BCUT2D eigenvalue weighted by atomic mass is 9.83. The van der Waals surface area contributed by atoms with E-state index in [1.807, 2.05) is 6.92 Å². The second-order valence-electron chi connectivity index (χ2n) is 23.2. The van der Waals surface area contributed by atoms with Gasteiger partial charge in [-0.25, -0.2) is 14.4 Å². The Morgan fingerprint density at radius 3 is 2.36 bits per heavy atom. The van der Waals surface area contributed by atoms with Crippen molar-refractivity contribution in [2.75, 3.05) is 57.0 Å². The molecule has 8 amide bonds. The van der Waals surface area contributed by atoms with E-state index in [1.165, 1.54) is 33.1 Å². The lowest BCUT2D eigenvalue weighted by Gasteiger charge is -2.42. The van der Waals surface area contributed by atoms with E-state index in [4.69, 9.17) is 41.0 Å². The van der Waals surface area contributed by atoms with E-state index < -0.39 is 143 Å². The van der Waals surface area contributed by atoms with Gasteiger partial charge in [0.25, 0.3) is 5.91 Å². The van der Waals surface area contributed by atoms with Crippen molar-refractivity contribution < 1.29 is 85.1 Å². The Hall–Kier alpha value is -7.11. The second kappa shape index (κ2) is 32.3. The zero-order valence-electron chi connectivity index (χ0n) is 52.0. The molecule has 0 aromatic heterocycles. The average Bonchev–Trinajstić information content (AvgIpc) is 1.57. The molecule has 24 nitrogen and oxygen atoms in total. The molecular formula is C61H82BrClF3N9O15. The number of methoxy groups -OCH3 is 2. The van der Waals surface area contributed by atoms with Crippen molar-refractivity contribution in [1.29, 1.82) is 0 Å². The van der Waals surface area contributed by atoms with E-state index in [0.29, 0.717) is 54.6 Å². The van der Waals surface area contributed by atoms with Gasteiger partial charge in [-0.15, -0.1) is 0 Å². The first-order valence-corrected chi connectivity index (χ1v) is 30.7. The third kappa shape index (κ3) is 19.2. The van der Waals surface area contributed by atoms with Gasteiger partial charge in [0, 0.05) is 63.1 Å². The summed E-state index contributed by atoms with van der Waals surface area (Å²) in [6, 6.07) is -0.234. The van der Waals surface area contributed by atoms with E-state index in [9.17, 15) is 48.3 Å². The van der Waals surface area contributed by atoms with Gasteiger partial charge < -0.3 is 70.4 Å². The highest BCUT2D eigenvalue weighted by Gasteiger charge is 2.64. The number of unbranched alkanes of at least 4 members (excludes halogenated alkanes) is 1. The Morgan fingerprint density at radius 2 is 1.73 bits per heavy atom. The van der Waals surface area contributed by atoms with Crippen molar-refractivity contribution in [2.45, 2.75) is 159 Å². The summed E-state index contributed by atoms with van der Waals surface area (Å²) in [6.45, 7) is 13.5. The number of hydrogen-bond donors (Lipinski definition) is 8. The maximum absolute atomic E-state index is 15.1. The van der Waals surface area contributed by atoms with Crippen LogP contribution in [0.25, 0.3) is 0 Å². The Morgan fingerprint density at radius 1 is 1.04 bits per heavy atom. The first kappa shape index (κ1) is 73.6. The molecule has 2 aromatic rings. The fraction of sp³-hybridized carbons (Fsp3) is 0.557. The minimum atomic E-state index is -5.22. The van der Waals surface area contributed by atoms with Crippen molar-refractivity contribution in [1.82, 2.24) is 31.5 Å². The lowest BCUT2D eigenvalue weighted by molar-refractivity contribution is -0.158. The maximum atomic E-state index is 15.1. The largest absolute Gasteiger partial charge is 0.495 e. The highest BCUT2D eigenvalue weighted by Crippen LogP contribution is 2.49. The van der Waals surface area contributed by atoms with Gasteiger partial charge in [0.2, 0.25) is 23.6 Å². The topological polar surface area (TPSA) is 328 Å². The Kier molecular flexibility index (Phi) is 26.4. The summed E-state index contributed by atoms with van der Waals surface area (Å²) in [6.07, 6.45) is -4.43. The molecule has 2 saturated heterocycles. The number of amides is 8. The maximum Gasteiger partial charge on any atom is 0.418 e. The monoisotopic (exact) mass is 1350 g/mol. The molecule has 4 bridgehead atoms. The van der Waals surface area contributed by atoms with Crippen LogP contribution in [0.15, 0.2) is 66.3 Å². The van der Waals surface area contributed by atoms with E-state index in [-0.39, 0.29) is 54.6 Å². The minimum absolute atomic E-state index is 0.00952. The number of hydrogen-bond acceptors (Lipinski definition) is 16. The minimum Gasteiger partial charge on any atom is -0.495 e. The quantitative estimate of drug-likeness (QED) is 0.0138. The first-order chi connectivity index (χ1) is 42.2. The Labute approximate surface area is 534 Å². The molecule has 11 atom stereocenters. The summed E-state index contributed by atoms with van der Waals surface area (Å²) >= 11 is 9.99. The van der Waals surface area contributed by atoms with Gasteiger partial charge in [0.1, 0.15) is 53.1 Å². The van der Waals surface area contributed by atoms with Crippen LogP contribution in [0.1, 0.15) is 108 Å². The van der Waals surface area contributed by atoms with Gasteiger partial charge in [0.05, 0.1) is 48.7 Å². The number of likely N-dealkylation sites (N-methyl/N-ethyl adjacent to an activating group) is 1. The van der Waals surface area contributed by atoms with Gasteiger partial charge in [-0.05, 0) is 101 Å². The fourth-order valence-corrected chi connectivity index (χ4v) is 11.1. The Balaban J connectivity index is 1.39. The summed E-state index contributed by atoms with van der Waals surface area (Å²) in [5.74, 6) is -6.04. The molecule has 3 aliphatic heterocycles. The smallest absolute Gasteiger partial charge is 0.418 e. The average molecular weight is 1350 g/mol. The normalized spacial score (nSPS) is 24.2. The van der Waals surface area contributed by atoms with Crippen LogP contribution in [0.5, 0.6) is 5.75 Å². The molecule has 90 heavy (non-hydrogen) atoms. The number of alkyl halides is 4. The zero-order chi connectivity index (χ0) is 67.2. The van der Waals surface area contributed by atoms with Crippen molar-refractivity contribution >= 4 is 92.8 Å². The summed E-state index contributed by atoms with van der Waals surface area (Å²) in [4.78, 5) is 122. The summed E-state index contributed by atoms with van der Waals surface area (Å²) in [7, 11) is 5.36. The van der Waals surface area contributed by atoms with Crippen LogP contribution in [0.2, 0.25) is 5.02 Å². The summed E-state index contributed by atoms with van der Waals surface area (Å²) in [5, 5.41) is 27.6. The van der Waals surface area contributed by atoms with E-state index in [2.05, 4.69) is 54.4 Å². The molecule has 5 rings (SSSR count). The molecular weight excluding hydrogens is 1270 g/mol. The SMILES string of the molecule is C=C(CBr)C(=O)NCCCCC(C=O)N[C@H](C(=O)N[C@@H](CCCNC(N)=O)C(=O)Nc1ccc(C(=O)N(C)[C@@H](C)C(=O)O[C@H]2CC(=O)N(C)c3cc(cc(OC)c3Cl)C/C(C)=C/C=C/[C@@H](OC)[C@@]3(O)C[C@H](OC(=O)N3)[C@@H](C)[C@@H]3O[C@@]23C)cc1C(F)(F)F)C(C)C. The van der Waals surface area contributed by atoms with Crippen molar-refractivity contribution in [3.63, 3.8) is 0 Å². The van der Waals surface area contributed by atoms with Crippen LogP contribution in [0, 0.1) is 11.8 Å². The van der Waals surface area contributed by atoms with Gasteiger partial charge in [0.15, 0.2) is 5.72 Å². The van der Waals surface area contributed by atoms with Gasteiger partial charge >= 0.3 is 24.3 Å². The number of halogens is 5. The lowest BCUT2D eigenvalue weighted by Crippen LogP contribution is -2.63. The molecule has 2 fully saturated rings. The number of alkyl carbamates (subject to hydrolysis) is 1. The summed E-state index contributed by atoms with van der Waals surface area (Å²) in [5.41, 5.74) is 0.935. The van der Waals surface area contributed by atoms with Crippen LogP contribution in [0.4, 0.5) is 34.1 Å². The van der Waals surface area contributed by atoms with Crippen LogP contribution < -0.4 is 47.3 Å². The van der Waals surface area contributed by atoms with E-state index in [0.717, 1.165) is 29.7 Å². The number of rotatable bonds is 25. The highest BCUT2D eigenvalue weighted by molar-refractivity contribution is 9.09. The molecule has 3 aliphatic rings. The number of benzene rings is 2. The van der Waals surface area contributed by atoms with Crippen LogP contribution >= 0.6 is 27.5 Å². The third-order valence-corrected chi connectivity index (χ3v) is 17.2. The number of aldehydes is 1. The predicted molar refractivity (Wildman–Crippen MR) is 331 cm³/mol. The molecule has 3 heterocycles. The number of nitrogens with two attached hydrogens (primary N) is 1. The highest BCUT2D eigenvalue weighted by atomic mass is 79.9. The van der Waals surface area contributed by atoms with Crippen LogP contribution in [-0.2, 0) is 60.3 Å². The number of nitrogens with zero attached hydrogens (tertiary/aromatic N) is 2. The number of urea groups is 1. The van der Waals surface area contributed by atoms with Crippen molar-refractivity contribution in [2.24, 2.45) is 17.6 Å². The molecule has 0 saturated carbocycles. The van der Waals surface area contributed by atoms with Crippen LogP contribution in [-0.4, -0.2) is 171 Å². The molecule has 2 aromatic carbocycles. The zero-order valence-corrected chi connectivity index (χ0v) is 54.3. The number of primary amides is 1. The van der Waals surface area contributed by atoms with Gasteiger partial charge in [-0.2, -0.15) is 13.2 Å². The van der Waals surface area contributed by atoms with Crippen molar-refractivity contribution in [3.05, 3.63) is 88.0 Å². The number of allylic oxidation sites excluding steroid dienone is 3. The molecule has 29 heteroatoms. The van der Waals surface area contributed by atoms with E-state index in [1.54, 1.807) is 58.1 Å². The number of fused-ring (bicyclic) bond motifs is 5. The number of nitrogens with one attached hydrogen (secondary N) is 6.